The van der Waals surface area contributed by atoms with Gasteiger partial charge in [-0.25, -0.2) is 0 Å². The summed E-state index contributed by atoms with van der Waals surface area (Å²) < 4.78 is 0. The number of nitriles is 1. The molecule has 0 radical (unpaired) electrons. The molecule has 0 aliphatic heterocycles. The van der Waals surface area contributed by atoms with E-state index in [4.69, 9.17) is 11.0 Å². The topological polar surface area (TPSA) is 49.8 Å². The van der Waals surface area contributed by atoms with Crippen LogP contribution in [0.1, 0.15) is 35.6 Å². The first-order chi connectivity index (χ1) is 6.81. The lowest BCUT2D eigenvalue weighted by Gasteiger charge is -2.16. The lowest BCUT2D eigenvalue weighted by Crippen LogP contribution is -2.10. The van der Waals surface area contributed by atoms with Gasteiger partial charge >= 0.3 is 0 Å². The fourth-order valence-electron chi connectivity index (χ4n) is 2.02. The zero-order chi connectivity index (χ0) is 9.97. The molecule has 2 rings (SSSR count). The maximum Gasteiger partial charge on any atom is 0.118 e. The van der Waals surface area contributed by atoms with Gasteiger partial charge in [-0.05, 0) is 42.4 Å². The molecule has 0 saturated carbocycles. The first-order valence-electron chi connectivity index (χ1n) is 5.08. The van der Waals surface area contributed by atoms with Crippen molar-refractivity contribution in [1.29, 1.82) is 5.26 Å². The fourth-order valence-corrected chi connectivity index (χ4v) is 2.02. The Morgan fingerprint density at radius 3 is 2.64 bits per heavy atom. The second-order valence-corrected chi connectivity index (χ2v) is 3.84. The Balaban J connectivity index is 2.34. The van der Waals surface area contributed by atoms with Crippen LogP contribution in [0.25, 0.3) is 0 Å². The molecule has 0 amide bonds. The Labute approximate surface area is 84.3 Å². The summed E-state index contributed by atoms with van der Waals surface area (Å²) >= 11 is 0. The van der Waals surface area contributed by atoms with Gasteiger partial charge in [0.1, 0.15) is 6.04 Å². The first-order valence-corrected chi connectivity index (χ1v) is 5.08. The van der Waals surface area contributed by atoms with Crippen molar-refractivity contribution in [3.05, 3.63) is 34.9 Å². The summed E-state index contributed by atoms with van der Waals surface area (Å²) in [5, 5.41) is 8.72. The molecule has 1 atom stereocenters. The predicted molar refractivity (Wildman–Crippen MR) is 55.6 cm³/mol. The van der Waals surface area contributed by atoms with Crippen LogP contribution in [-0.4, -0.2) is 0 Å². The number of hydrogen-bond donors (Lipinski definition) is 1. The highest BCUT2D eigenvalue weighted by molar-refractivity contribution is 5.36. The summed E-state index contributed by atoms with van der Waals surface area (Å²) in [6, 6.07) is 7.81. The predicted octanol–water partition coefficient (Wildman–Crippen LogP) is 2.09. The average molecular weight is 186 g/mol. The van der Waals surface area contributed by atoms with Crippen LogP contribution in [0, 0.1) is 11.3 Å². The number of aryl methyl sites for hydroxylation is 2. The van der Waals surface area contributed by atoms with Crippen LogP contribution in [0.5, 0.6) is 0 Å². The zero-order valence-electron chi connectivity index (χ0n) is 8.16. The molecule has 1 aromatic carbocycles. The number of rotatable bonds is 1. The Morgan fingerprint density at radius 1 is 1.21 bits per heavy atom. The molecule has 1 aromatic rings. The third-order valence-corrected chi connectivity index (χ3v) is 2.87. The van der Waals surface area contributed by atoms with E-state index in [1.807, 2.05) is 6.07 Å². The van der Waals surface area contributed by atoms with Crippen LogP contribution in [0.2, 0.25) is 0 Å². The quantitative estimate of drug-likeness (QED) is 0.730. The smallest absolute Gasteiger partial charge is 0.118 e. The van der Waals surface area contributed by atoms with Gasteiger partial charge in [0.05, 0.1) is 6.07 Å². The molecule has 0 saturated heterocycles. The van der Waals surface area contributed by atoms with E-state index in [-0.39, 0.29) is 0 Å². The van der Waals surface area contributed by atoms with Crippen LogP contribution >= 0.6 is 0 Å². The Kier molecular flexibility index (Phi) is 2.51. The van der Waals surface area contributed by atoms with Crippen molar-refractivity contribution in [3.8, 4) is 6.07 Å². The minimum absolute atomic E-state index is 0.470. The van der Waals surface area contributed by atoms with Gasteiger partial charge in [-0.3, -0.25) is 0 Å². The molecule has 2 heteroatoms. The van der Waals surface area contributed by atoms with E-state index in [1.165, 1.54) is 30.4 Å². The molecule has 0 spiro atoms. The van der Waals surface area contributed by atoms with Crippen LogP contribution in [0.3, 0.4) is 0 Å². The molecule has 2 N–H and O–H groups in total. The van der Waals surface area contributed by atoms with Crippen LogP contribution < -0.4 is 5.73 Å². The van der Waals surface area contributed by atoms with E-state index in [0.29, 0.717) is 0 Å². The van der Waals surface area contributed by atoms with Crippen LogP contribution in [-0.2, 0) is 12.8 Å². The van der Waals surface area contributed by atoms with Gasteiger partial charge in [-0.2, -0.15) is 5.26 Å². The van der Waals surface area contributed by atoms with Crippen molar-refractivity contribution in [2.75, 3.05) is 0 Å². The molecule has 1 aliphatic carbocycles. The van der Waals surface area contributed by atoms with Crippen molar-refractivity contribution in [2.24, 2.45) is 5.73 Å². The summed E-state index contributed by atoms with van der Waals surface area (Å²) in [4.78, 5) is 0. The largest absolute Gasteiger partial charge is 0.312 e. The minimum atomic E-state index is -0.470. The van der Waals surface area contributed by atoms with Crippen molar-refractivity contribution < 1.29 is 0 Å². The van der Waals surface area contributed by atoms with Gasteiger partial charge < -0.3 is 5.73 Å². The molecular formula is C12H14N2. The summed E-state index contributed by atoms with van der Waals surface area (Å²) in [5.41, 5.74) is 9.44. The number of benzene rings is 1. The monoisotopic (exact) mass is 186 g/mol. The summed E-state index contributed by atoms with van der Waals surface area (Å²) in [6.07, 6.45) is 4.87. The standard InChI is InChI=1S/C12H14N2/c13-8-12(14)11-6-5-9-3-1-2-4-10(9)7-11/h5-7,12H,1-4,14H2. The highest BCUT2D eigenvalue weighted by atomic mass is 14.6. The first kappa shape index (κ1) is 9.23. The fraction of sp³-hybridized carbons (Fsp3) is 0.417. The number of nitrogens with two attached hydrogens (primary N) is 1. The molecule has 1 unspecified atom stereocenters. The van der Waals surface area contributed by atoms with Gasteiger partial charge in [-0.15, -0.1) is 0 Å². The lowest BCUT2D eigenvalue weighted by molar-refractivity contribution is 0.683. The SMILES string of the molecule is N#CC(N)c1ccc2c(c1)CCCC2. The summed E-state index contributed by atoms with van der Waals surface area (Å²) in [6.45, 7) is 0. The third kappa shape index (κ3) is 1.64. The Morgan fingerprint density at radius 2 is 1.93 bits per heavy atom. The number of hydrogen-bond acceptors (Lipinski definition) is 2. The van der Waals surface area contributed by atoms with E-state index in [0.717, 1.165) is 12.0 Å². The lowest BCUT2D eigenvalue weighted by atomic mass is 9.89. The van der Waals surface area contributed by atoms with Gasteiger partial charge in [0.2, 0.25) is 0 Å². The van der Waals surface area contributed by atoms with E-state index in [2.05, 4.69) is 18.2 Å². The second-order valence-electron chi connectivity index (χ2n) is 3.84. The summed E-state index contributed by atoms with van der Waals surface area (Å²) in [5.74, 6) is 0. The Bertz CT molecular complexity index is 376. The van der Waals surface area contributed by atoms with Crippen molar-refractivity contribution in [1.82, 2.24) is 0 Å². The molecule has 0 fully saturated rings. The normalized spacial score (nSPS) is 16.9. The maximum atomic E-state index is 8.72. The summed E-state index contributed by atoms with van der Waals surface area (Å²) in [7, 11) is 0. The number of nitrogens with zero attached hydrogens (tertiary/aromatic N) is 1. The molecule has 0 aromatic heterocycles. The van der Waals surface area contributed by atoms with Crippen LogP contribution in [0.15, 0.2) is 18.2 Å². The van der Waals surface area contributed by atoms with Gasteiger partial charge in [0, 0.05) is 0 Å². The van der Waals surface area contributed by atoms with E-state index < -0.39 is 6.04 Å². The molecular weight excluding hydrogens is 172 g/mol. The van der Waals surface area contributed by atoms with Crippen molar-refractivity contribution >= 4 is 0 Å². The Hall–Kier alpha value is -1.33. The highest BCUT2D eigenvalue weighted by Gasteiger charge is 2.11. The molecule has 0 bridgehead atoms. The average Bonchev–Trinajstić information content (AvgIpc) is 2.27. The molecule has 72 valence electrons. The van der Waals surface area contributed by atoms with E-state index >= 15 is 0 Å². The van der Waals surface area contributed by atoms with Crippen molar-refractivity contribution in [2.45, 2.75) is 31.7 Å². The van der Waals surface area contributed by atoms with Gasteiger partial charge in [0.25, 0.3) is 0 Å². The van der Waals surface area contributed by atoms with Gasteiger partial charge in [0.15, 0.2) is 0 Å². The maximum absolute atomic E-state index is 8.72. The van der Waals surface area contributed by atoms with Crippen molar-refractivity contribution in [3.63, 3.8) is 0 Å². The third-order valence-electron chi connectivity index (χ3n) is 2.87. The molecule has 2 nitrogen and oxygen atoms in total. The molecule has 14 heavy (non-hydrogen) atoms. The van der Waals surface area contributed by atoms with E-state index in [1.54, 1.807) is 0 Å². The van der Waals surface area contributed by atoms with Gasteiger partial charge in [-0.1, -0.05) is 18.2 Å². The zero-order valence-corrected chi connectivity index (χ0v) is 8.16. The number of fused-ring (bicyclic) bond motifs is 1. The second kappa shape index (κ2) is 3.81. The minimum Gasteiger partial charge on any atom is -0.312 e. The highest BCUT2D eigenvalue weighted by Crippen LogP contribution is 2.23. The molecule has 0 heterocycles. The molecule has 1 aliphatic rings. The van der Waals surface area contributed by atoms with Crippen LogP contribution in [0.4, 0.5) is 0 Å². The van der Waals surface area contributed by atoms with E-state index in [9.17, 15) is 0 Å².